The second-order valence-electron chi connectivity index (χ2n) is 3.94. The molecule has 1 heterocycles. The van der Waals surface area contributed by atoms with Gasteiger partial charge in [0.05, 0.1) is 5.69 Å². The average Bonchev–Trinajstić information content (AvgIpc) is 2.46. The lowest BCUT2D eigenvalue weighted by Crippen LogP contribution is -2.13. The van der Waals surface area contributed by atoms with Crippen molar-refractivity contribution in [1.29, 1.82) is 0 Å². The molecule has 0 saturated heterocycles. The first-order valence-electron chi connectivity index (χ1n) is 5.15. The number of fused-ring (bicyclic) bond motifs is 1. The largest absolute Gasteiger partial charge is 0.330 e. The Kier molecular flexibility index (Phi) is 2.93. The third-order valence-electron chi connectivity index (χ3n) is 2.98. The highest BCUT2D eigenvalue weighted by molar-refractivity contribution is 9.10. The monoisotopic (exact) mass is 257 g/mol. The van der Waals surface area contributed by atoms with Gasteiger partial charge in [0, 0.05) is 18.5 Å². The third kappa shape index (κ3) is 1.61. The van der Waals surface area contributed by atoms with E-state index in [2.05, 4.69) is 21.0 Å². The molecular weight excluding hydrogens is 242 g/mol. The fraction of sp³-hybridized carbons (Fsp3) is 0.700. The minimum Gasteiger partial charge on any atom is -0.330 e. The van der Waals surface area contributed by atoms with E-state index in [1.807, 2.05) is 11.7 Å². The lowest BCUT2D eigenvalue weighted by Gasteiger charge is -2.20. The molecule has 2 N–H and O–H groups in total. The van der Waals surface area contributed by atoms with Crippen molar-refractivity contribution in [2.45, 2.75) is 31.6 Å². The Labute approximate surface area is 92.8 Å². The van der Waals surface area contributed by atoms with Gasteiger partial charge in [-0.25, -0.2) is 0 Å². The van der Waals surface area contributed by atoms with Crippen LogP contribution in [0.5, 0.6) is 0 Å². The predicted octanol–water partition coefficient (Wildman–Crippen LogP) is 1.95. The molecule has 1 aromatic rings. The van der Waals surface area contributed by atoms with Gasteiger partial charge in [0.25, 0.3) is 0 Å². The summed E-state index contributed by atoms with van der Waals surface area (Å²) in [7, 11) is 1.99. The molecule has 14 heavy (non-hydrogen) atoms. The van der Waals surface area contributed by atoms with E-state index >= 15 is 0 Å². The minimum atomic E-state index is 0.584. The number of rotatable bonds is 2. The molecule has 0 fully saturated rings. The highest BCUT2D eigenvalue weighted by atomic mass is 79.9. The highest BCUT2D eigenvalue weighted by Crippen LogP contribution is 2.36. The van der Waals surface area contributed by atoms with Crippen molar-refractivity contribution in [2.75, 3.05) is 6.54 Å². The van der Waals surface area contributed by atoms with Gasteiger partial charge in [-0.15, -0.1) is 0 Å². The SMILES string of the molecule is Cn1nc2c(c1Br)CCCC2CCN. The predicted molar refractivity (Wildman–Crippen MR) is 60.3 cm³/mol. The second-order valence-corrected chi connectivity index (χ2v) is 4.70. The first kappa shape index (κ1) is 10.2. The molecule has 1 aromatic heterocycles. The van der Waals surface area contributed by atoms with Crippen LogP contribution in [0.3, 0.4) is 0 Å². The Balaban J connectivity index is 2.34. The van der Waals surface area contributed by atoms with Crippen LogP contribution in [-0.4, -0.2) is 16.3 Å². The molecule has 3 nitrogen and oxygen atoms in total. The molecule has 0 spiro atoms. The Morgan fingerprint density at radius 3 is 3.14 bits per heavy atom. The first-order valence-corrected chi connectivity index (χ1v) is 5.94. The topological polar surface area (TPSA) is 43.8 Å². The summed E-state index contributed by atoms with van der Waals surface area (Å²) < 4.78 is 3.08. The number of hydrogen-bond donors (Lipinski definition) is 1. The van der Waals surface area contributed by atoms with Crippen LogP contribution < -0.4 is 5.73 Å². The van der Waals surface area contributed by atoms with Gasteiger partial charge in [-0.05, 0) is 48.2 Å². The van der Waals surface area contributed by atoms with Crippen molar-refractivity contribution in [2.24, 2.45) is 12.8 Å². The average molecular weight is 258 g/mol. The van der Waals surface area contributed by atoms with Gasteiger partial charge in [-0.2, -0.15) is 5.10 Å². The van der Waals surface area contributed by atoms with E-state index < -0.39 is 0 Å². The molecule has 0 saturated carbocycles. The standard InChI is InChI=1S/C10H16BrN3/c1-14-10(11)8-4-2-3-7(5-6-12)9(8)13-14/h7H,2-6,12H2,1H3. The van der Waals surface area contributed by atoms with E-state index in [0.717, 1.165) is 24.0 Å². The molecule has 0 amide bonds. The highest BCUT2D eigenvalue weighted by Gasteiger charge is 2.25. The van der Waals surface area contributed by atoms with Crippen LogP contribution in [0.2, 0.25) is 0 Å². The zero-order valence-electron chi connectivity index (χ0n) is 8.46. The Morgan fingerprint density at radius 2 is 2.43 bits per heavy atom. The zero-order chi connectivity index (χ0) is 10.1. The molecule has 1 atom stereocenters. The molecule has 1 aliphatic carbocycles. The first-order chi connectivity index (χ1) is 6.74. The molecule has 78 valence electrons. The van der Waals surface area contributed by atoms with E-state index in [1.165, 1.54) is 24.1 Å². The normalized spacial score (nSPS) is 20.9. The van der Waals surface area contributed by atoms with Crippen molar-refractivity contribution in [3.63, 3.8) is 0 Å². The summed E-state index contributed by atoms with van der Waals surface area (Å²) in [6.45, 7) is 0.762. The van der Waals surface area contributed by atoms with Crippen LogP contribution in [-0.2, 0) is 13.5 Å². The van der Waals surface area contributed by atoms with Crippen molar-refractivity contribution < 1.29 is 0 Å². The quantitative estimate of drug-likeness (QED) is 0.881. The number of nitrogens with two attached hydrogens (primary N) is 1. The summed E-state index contributed by atoms with van der Waals surface area (Å²) in [4.78, 5) is 0. The van der Waals surface area contributed by atoms with E-state index in [4.69, 9.17) is 5.73 Å². The lowest BCUT2D eigenvalue weighted by atomic mass is 9.86. The van der Waals surface area contributed by atoms with Crippen molar-refractivity contribution in [3.05, 3.63) is 15.9 Å². The fourth-order valence-electron chi connectivity index (χ4n) is 2.27. The molecule has 0 bridgehead atoms. The fourth-order valence-corrected chi connectivity index (χ4v) is 2.75. The van der Waals surface area contributed by atoms with Crippen molar-refractivity contribution in [1.82, 2.24) is 9.78 Å². The summed E-state index contributed by atoms with van der Waals surface area (Å²) in [6, 6.07) is 0. The molecule has 2 rings (SSSR count). The van der Waals surface area contributed by atoms with Crippen LogP contribution in [0.25, 0.3) is 0 Å². The number of aryl methyl sites for hydroxylation is 1. The van der Waals surface area contributed by atoms with Gasteiger partial charge in [-0.3, -0.25) is 4.68 Å². The van der Waals surface area contributed by atoms with Gasteiger partial charge in [0.15, 0.2) is 0 Å². The smallest absolute Gasteiger partial charge is 0.107 e. The summed E-state index contributed by atoms with van der Waals surface area (Å²) in [6.07, 6.45) is 4.73. The molecule has 0 aromatic carbocycles. The summed E-state index contributed by atoms with van der Waals surface area (Å²) >= 11 is 3.58. The van der Waals surface area contributed by atoms with Crippen LogP contribution in [0.15, 0.2) is 4.60 Å². The number of hydrogen-bond acceptors (Lipinski definition) is 2. The molecular formula is C10H16BrN3. The van der Waals surface area contributed by atoms with Crippen LogP contribution in [0.4, 0.5) is 0 Å². The molecule has 0 aliphatic heterocycles. The van der Waals surface area contributed by atoms with Gasteiger partial charge in [-0.1, -0.05) is 0 Å². The summed E-state index contributed by atoms with van der Waals surface area (Å²) in [5.74, 6) is 0.584. The number of aromatic nitrogens is 2. The lowest BCUT2D eigenvalue weighted by molar-refractivity contribution is 0.511. The number of nitrogens with zero attached hydrogens (tertiary/aromatic N) is 2. The van der Waals surface area contributed by atoms with Gasteiger partial charge in [0.1, 0.15) is 4.60 Å². The maximum absolute atomic E-state index is 5.62. The van der Waals surface area contributed by atoms with E-state index in [-0.39, 0.29) is 0 Å². The maximum atomic E-state index is 5.62. The molecule has 0 radical (unpaired) electrons. The zero-order valence-corrected chi connectivity index (χ0v) is 10.0. The maximum Gasteiger partial charge on any atom is 0.107 e. The van der Waals surface area contributed by atoms with Gasteiger partial charge < -0.3 is 5.73 Å². The van der Waals surface area contributed by atoms with Gasteiger partial charge >= 0.3 is 0 Å². The van der Waals surface area contributed by atoms with Crippen LogP contribution in [0, 0.1) is 0 Å². The van der Waals surface area contributed by atoms with Crippen LogP contribution >= 0.6 is 15.9 Å². The van der Waals surface area contributed by atoms with E-state index in [0.29, 0.717) is 5.92 Å². The Bertz CT molecular complexity index is 332. The Hall–Kier alpha value is -0.350. The van der Waals surface area contributed by atoms with Crippen molar-refractivity contribution in [3.8, 4) is 0 Å². The van der Waals surface area contributed by atoms with E-state index in [9.17, 15) is 0 Å². The second kappa shape index (κ2) is 4.03. The van der Waals surface area contributed by atoms with Crippen molar-refractivity contribution >= 4 is 15.9 Å². The summed E-state index contributed by atoms with van der Waals surface area (Å²) in [5, 5.41) is 4.57. The molecule has 4 heteroatoms. The third-order valence-corrected chi connectivity index (χ3v) is 3.97. The molecule has 1 unspecified atom stereocenters. The minimum absolute atomic E-state index is 0.584. The Morgan fingerprint density at radius 1 is 1.64 bits per heavy atom. The number of halogens is 1. The summed E-state index contributed by atoms with van der Waals surface area (Å²) in [5.41, 5.74) is 8.29. The molecule has 1 aliphatic rings. The van der Waals surface area contributed by atoms with E-state index in [1.54, 1.807) is 0 Å². The van der Waals surface area contributed by atoms with Gasteiger partial charge in [0.2, 0.25) is 0 Å². The van der Waals surface area contributed by atoms with Crippen LogP contribution in [0.1, 0.15) is 36.4 Å².